The highest BCUT2D eigenvalue weighted by atomic mass is 35.5. The Morgan fingerprint density at radius 2 is 1.75 bits per heavy atom. The van der Waals surface area contributed by atoms with Gasteiger partial charge in [0.25, 0.3) is 0 Å². The second-order valence-electron chi connectivity index (χ2n) is 5.01. The molecule has 0 radical (unpaired) electrons. The molecule has 1 rings (SSSR count). The van der Waals surface area contributed by atoms with Crippen molar-refractivity contribution in [2.45, 2.75) is 26.2 Å². The number of rotatable bonds is 7. The third-order valence-corrected chi connectivity index (χ3v) is 3.79. The lowest BCUT2D eigenvalue weighted by Crippen LogP contribution is -2.31. The van der Waals surface area contributed by atoms with Gasteiger partial charge < -0.3 is 9.80 Å². The minimum absolute atomic E-state index is 0.105. The van der Waals surface area contributed by atoms with Crippen LogP contribution < -0.4 is 4.90 Å². The zero-order valence-electron chi connectivity index (χ0n) is 12.3. The van der Waals surface area contributed by atoms with Gasteiger partial charge in [-0.15, -0.1) is 0 Å². The number of nitrogens with zero attached hydrogens (tertiary/aromatic N) is 2. The molecular formula is C15H22Cl2N2O. The van der Waals surface area contributed by atoms with E-state index in [9.17, 15) is 4.79 Å². The lowest BCUT2D eigenvalue weighted by atomic mass is 10.2. The van der Waals surface area contributed by atoms with E-state index in [1.807, 2.05) is 27.1 Å². The fourth-order valence-electron chi connectivity index (χ4n) is 1.94. The molecule has 1 aromatic carbocycles. The summed E-state index contributed by atoms with van der Waals surface area (Å²) < 4.78 is 0. The number of hydrogen-bond acceptors (Lipinski definition) is 2. The Bertz CT molecular complexity index is 449. The summed E-state index contributed by atoms with van der Waals surface area (Å²) in [5.74, 6) is 0.105. The van der Waals surface area contributed by atoms with Crippen LogP contribution in [-0.4, -0.2) is 38.0 Å². The van der Waals surface area contributed by atoms with Gasteiger partial charge in [0, 0.05) is 18.7 Å². The molecule has 5 heteroatoms. The Hall–Kier alpha value is -0.770. The van der Waals surface area contributed by atoms with E-state index >= 15 is 0 Å². The van der Waals surface area contributed by atoms with Crippen molar-refractivity contribution in [3.63, 3.8) is 0 Å². The molecule has 0 heterocycles. The Morgan fingerprint density at radius 1 is 1.10 bits per heavy atom. The molecule has 0 atom stereocenters. The molecule has 0 aliphatic rings. The average molecular weight is 317 g/mol. The second kappa shape index (κ2) is 8.50. The van der Waals surface area contributed by atoms with Crippen molar-refractivity contribution in [3.8, 4) is 0 Å². The Kier molecular flexibility index (Phi) is 7.35. The number of hydrogen-bond donors (Lipinski definition) is 0. The predicted octanol–water partition coefficient (Wildman–Crippen LogP) is 4.08. The summed E-state index contributed by atoms with van der Waals surface area (Å²) in [6, 6.07) is 5.33. The zero-order chi connectivity index (χ0) is 15.1. The summed E-state index contributed by atoms with van der Waals surface area (Å²) in [4.78, 5) is 16.0. The van der Waals surface area contributed by atoms with Crippen molar-refractivity contribution in [2.75, 3.05) is 32.1 Å². The number of carbonyl (C=O) groups is 1. The van der Waals surface area contributed by atoms with Gasteiger partial charge in [-0.25, -0.2) is 0 Å². The van der Waals surface area contributed by atoms with Gasteiger partial charge in [0.1, 0.15) is 0 Å². The molecule has 0 saturated carbocycles. The van der Waals surface area contributed by atoms with Gasteiger partial charge in [0.05, 0.1) is 10.0 Å². The third kappa shape index (κ3) is 5.31. The molecule has 0 aromatic heterocycles. The molecular weight excluding hydrogens is 295 g/mol. The number of benzene rings is 1. The van der Waals surface area contributed by atoms with Crippen LogP contribution in [0.1, 0.15) is 26.2 Å². The topological polar surface area (TPSA) is 23.6 Å². The summed E-state index contributed by atoms with van der Waals surface area (Å²) >= 11 is 12.0. The third-order valence-electron chi connectivity index (χ3n) is 3.06. The molecule has 0 saturated heterocycles. The molecule has 0 fully saturated rings. The van der Waals surface area contributed by atoms with Gasteiger partial charge >= 0.3 is 0 Å². The SMILES string of the molecule is CCC(=O)N(CCCCN(C)C)c1ccc(Cl)c(Cl)c1. The standard InChI is InChI=1S/C15H22Cl2N2O/c1-4-15(20)19(10-6-5-9-18(2)3)12-7-8-13(16)14(17)11-12/h7-8,11H,4-6,9-10H2,1-3H3. The summed E-state index contributed by atoms with van der Waals surface area (Å²) in [5.41, 5.74) is 0.816. The molecule has 0 spiro atoms. The highest BCUT2D eigenvalue weighted by molar-refractivity contribution is 6.42. The van der Waals surface area contributed by atoms with Crippen LogP contribution in [0.5, 0.6) is 0 Å². The highest BCUT2D eigenvalue weighted by Crippen LogP contribution is 2.27. The molecule has 0 unspecified atom stereocenters. The normalized spacial score (nSPS) is 10.9. The van der Waals surface area contributed by atoms with E-state index in [2.05, 4.69) is 4.90 Å². The number of unbranched alkanes of at least 4 members (excludes halogenated alkanes) is 1. The first-order valence-electron chi connectivity index (χ1n) is 6.85. The fraction of sp³-hybridized carbons (Fsp3) is 0.533. The van der Waals surface area contributed by atoms with Gasteiger partial charge in [-0.3, -0.25) is 4.79 Å². The van der Waals surface area contributed by atoms with Gasteiger partial charge in [-0.05, 0) is 51.7 Å². The first kappa shape index (κ1) is 17.3. The fourth-order valence-corrected chi connectivity index (χ4v) is 2.23. The number of carbonyl (C=O) groups excluding carboxylic acids is 1. The van der Waals surface area contributed by atoms with Crippen LogP contribution >= 0.6 is 23.2 Å². The van der Waals surface area contributed by atoms with E-state index in [4.69, 9.17) is 23.2 Å². The van der Waals surface area contributed by atoms with Crippen molar-refractivity contribution in [1.82, 2.24) is 4.90 Å². The summed E-state index contributed by atoms with van der Waals surface area (Å²) in [6.07, 6.45) is 2.50. The van der Waals surface area contributed by atoms with E-state index in [0.29, 0.717) is 23.0 Å². The van der Waals surface area contributed by atoms with Crippen LogP contribution in [0.4, 0.5) is 5.69 Å². The van der Waals surface area contributed by atoms with Crippen molar-refractivity contribution in [2.24, 2.45) is 0 Å². The quantitative estimate of drug-likeness (QED) is 0.708. The smallest absolute Gasteiger partial charge is 0.226 e. The predicted molar refractivity (Wildman–Crippen MR) is 86.9 cm³/mol. The average Bonchev–Trinajstić information content (AvgIpc) is 2.41. The van der Waals surface area contributed by atoms with Gasteiger partial charge in [-0.1, -0.05) is 30.1 Å². The zero-order valence-corrected chi connectivity index (χ0v) is 13.8. The van der Waals surface area contributed by atoms with Crippen LogP contribution in [0.2, 0.25) is 10.0 Å². The highest BCUT2D eigenvalue weighted by Gasteiger charge is 2.14. The van der Waals surface area contributed by atoms with Gasteiger partial charge in [-0.2, -0.15) is 0 Å². The van der Waals surface area contributed by atoms with Crippen LogP contribution in [0.3, 0.4) is 0 Å². The van der Waals surface area contributed by atoms with Gasteiger partial charge in [0.15, 0.2) is 0 Å². The molecule has 112 valence electrons. The molecule has 20 heavy (non-hydrogen) atoms. The van der Waals surface area contributed by atoms with Crippen LogP contribution in [-0.2, 0) is 4.79 Å². The first-order valence-corrected chi connectivity index (χ1v) is 7.61. The molecule has 0 bridgehead atoms. The number of anilines is 1. The van der Waals surface area contributed by atoms with E-state index in [0.717, 1.165) is 25.1 Å². The van der Waals surface area contributed by atoms with E-state index in [1.165, 1.54) is 0 Å². The lowest BCUT2D eigenvalue weighted by Gasteiger charge is -2.23. The van der Waals surface area contributed by atoms with Crippen LogP contribution in [0.15, 0.2) is 18.2 Å². The largest absolute Gasteiger partial charge is 0.312 e. The summed E-state index contributed by atoms with van der Waals surface area (Å²) in [5, 5.41) is 0.985. The molecule has 0 aliphatic carbocycles. The molecule has 3 nitrogen and oxygen atoms in total. The van der Waals surface area contributed by atoms with Crippen molar-refractivity contribution in [3.05, 3.63) is 28.2 Å². The molecule has 0 N–H and O–H groups in total. The Balaban J connectivity index is 2.73. The minimum atomic E-state index is 0.105. The maximum absolute atomic E-state index is 12.1. The van der Waals surface area contributed by atoms with Crippen molar-refractivity contribution in [1.29, 1.82) is 0 Å². The van der Waals surface area contributed by atoms with E-state index in [1.54, 1.807) is 17.0 Å². The lowest BCUT2D eigenvalue weighted by molar-refractivity contribution is -0.118. The number of amides is 1. The van der Waals surface area contributed by atoms with Crippen LogP contribution in [0.25, 0.3) is 0 Å². The minimum Gasteiger partial charge on any atom is -0.312 e. The van der Waals surface area contributed by atoms with Crippen molar-refractivity contribution >= 4 is 34.8 Å². The van der Waals surface area contributed by atoms with Crippen molar-refractivity contribution < 1.29 is 4.79 Å². The number of halogens is 2. The molecule has 1 amide bonds. The Morgan fingerprint density at radius 3 is 2.30 bits per heavy atom. The maximum atomic E-state index is 12.1. The van der Waals surface area contributed by atoms with Gasteiger partial charge in [0.2, 0.25) is 5.91 Å². The molecule has 1 aromatic rings. The summed E-state index contributed by atoms with van der Waals surface area (Å²) in [7, 11) is 4.10. The second-order valence-corrected chi connectivity index (χ2v) is 5.82. The van der Waals surface area contributed by atoms with Crippen LogP contribution in [0, 0.1) is 0 Å². The summed E-state index contributed by atoms with van der Waals surface area (Å²) in [6.45, 7) is 3.60. The molecule has 0 aliphatic heterocycles. The maximum Gasteiger partial charge on any atom is 0.226 e. The first-order chi connectivity index (χ1) is 9.45. The van der Waals surface area contributed by atoms with E-state index < -0.39 is 0 Å². The monoisotopic (exact) mass is 316 g/mol. The Labute approximate surface area is 131 Å². The van der Waals surface area contributed by atoms with E-state index in [-0.39, 0.29) is 5.91 Å².